The molecule has 0 aromatic carbocycles. The molecule has 1 aliphatic rings. The second kappa shape index (κ2) is 5.16. The number of hydrogen-bond acceptors (Lipinski definition) is 2. The van der Waals surface area contributed by atoms with Crippen LogP contribution in [0, 0.1) is 0 Å². The fraction of sp³-hybridized carbons (Fsp3) is 0.600. The van der Waals surface area contributed by atoms with Gasteiger partial charge in [0.25, 0.3) is 11.8 Å². The molecule has 126 valence electrons. The molecule has 0 saturated carbocycles. The Hall–Kier alpha value is -1.75. The number of nitrogens with one attached hydrogen (secondary N) is 1. The Morgan fingerprint density at radius 3 is 1.73 bits per heavy atom. The molecule has 12 heteroatoms. The molecule has 22 heavy (non-hydrogen) atoms. The fourth-order valence-electron chi connectivity index (χ4n) is 1.50. The summed E-state index contributed by atoms with van der Waals surface area (Å²) in [6.45, 7) is 0. The Morgan fingerprint density at radius 2 is 1.36 bits per heavy atom. The summed E-state index contributed by atoms with van der Waals surface area (Å²) in [5.74, 6) is -21.5. The van der Waals surface area contributed by atoms with Crippen LogP contribution < -0.4 is 5.32 Å². The summed E-state index contributed by atoms with van der Waals surface area (Å²) >= 11 is 0. The quantitative estimate of drug-likeness (QED) is 0.616. The van der Waals surface area contributed by atoms with Gasteiger partial charge in [0.15, 0.2) is 0 Å². The standard InChI is InChI=1S/C10H6F9NO2/c11-7(12,1-2-8(13,14)15)10(18,19)9(16,17)4-3-5(21)20-6(4)22/h3H,1-2H2,(H,20,21,22). The Morgan fingerprint density at radius 1 is 0.864 bits per heavy atom. The third kappa shape index (κ3) is 3.19. The van der Waals surface area contributed by atoms with Gasteiger partial charge in [-0.15, -0.1) is 0 Å². The van der Waals surface area contributed by atoms with Crippen molar-refractivity contribution in [3.05, 3.63) is 11.6 Å². The first-order chi connectivity index (χ1) is 9.62. The summed E-state index contributed by atoms with van der Waals surface area (Å²) < 4.78 is 115. The summed E-state index contributed by atoms with van der Waals surface area (Å²) in [4.78, 5) is 21.5. The fourth-order valence-corrected chi connectivity index (χ4v) is 1.50. The van der Waals surface area contributed by atoms with E-state index >= 15 is 0 Å². The molecule has 0 aromatic rings. The first-order valence-corrected chi connectivity index (χ1v) is 5.39. The van der Waals surface area contributed by atoms with Crippen LogP contribution in [-0.2, 0) is 9.59 Å². The highest BCUT2D eigenvalue weighted by molar-refractivity contribution is 6.17. The highest BCUT2D eigenvalue weighted by Gasteiger charge is 2.73. The largest absolute Gasteiger partial charge is 0.389 e. The zero-order chi connectivity index (χ0) is 17.6. The molecule has 1 heterocycles. The Labute approximate surface area is 116 Å². The molecular weight excluding hydrogens is 337 g/mol. The molecule has 0 aromatic heterocycles. The van der Waals surface area contributed by atoms with E-state index in [9.17, 15) is 49.1 Å². The Balaban J connectivity index is 3.12. The maximum absolute atomic E-state index is 13.5. The van der Waals surface area contributed by atoms with Gasteiger partial charge < -0.3 is 0 Å². The van der Waals surface area contributed by atoms with E-state index < -0.39 is 54.2 Å². The molecule has 1 aliphatic heterocycles. The minimum Gasteiger partial charge on any atom is -0.289 e. The van der Waals surface area contributed by atoms with Crippen LogP contribution in [0.5, 0.6) is 0 Å². The van der Waals surface area contributed by atoms with Gasteiger partial charge in [-0.2, -0.15) is 39.5 Å². The Kier molecular flexibility index (Phi) is 4.29. The van der Waals surface area contributed by atoms with E-state index in [4.69, 9.17) is 0 Å². The van der Waals surface area contributed by atoms with Crippen LogP contribution in [-0.4, -0.2) is 35.8 Å². The van der Waals surface area contributed by atoms with Crippen molar-refractivity contribution >= 4 is 11.8 Å². The summed E-state index contributed by atoms with van der Waals surface area (Å²) in [5, 5.41) is 1.14. The number of halogens is 9. The van der Waals surface area contributed by atoms with Crippen LogP contribution in [0.15, 0.2) is 11.6 Å². The number of hydrogen-bond donors (Lipinski definition) is 1. The molecule has 0 saturated heterocycles. The van der Waals surface area contributed by atoms with Crippen molar-refractivity contribution in [3.63, 3.8) is 0 Å². The average Bonchev–Trinajstić information content (AvgIpc) is 2.65. The van der Waals surface area contributed by atoms with Crippen molar-refractivity contribution in [3.8, 4) is 0 Å². The number of amides is 2. The predicted molar refractivity (Wildman–Crippen MR) is 51.4 cm³/mol. The molecule has 0 bridgehead atoms. The normalized spacial score (nSPS) is 17.6. The van der Waals surface area contributed by atoms with Gasteiger partial charge in [-0.25, -0.2) is 0 Å². The maximum Gasteiger partial charge on any atom is 0.389 e. The van der Waals surface area contributed by atoms with E-state index in [2.05, 4.69) is 0 Å². The lowest BCUT2D eigenvalue weighted by molar-refractivity contribution is -0.301. The molecule has 1 rings (SSSR count). The topological polar surface area (TPSA) is 46.2 Å². The van der Waals surface area contributed by atoms with Gasteiger partial charge in [-0.1, -0.05) is 0 Å². The highest BCUT2D eigenvalue weighted by atomic mass is 19.4. The molecule has 0 fully saturated rings. The molecule has 0 spiro atoms. The van der Waals surface area contributed by atoms with Crippen LogP contribution in [0.3, 0.4) is 0 Å². The lowest BCUT2D eigenvalue weighted by Crippen LogP contribution is -2.56. The number of carbonyl (C=O) groups is 2. The molecule has 1 N–H and O–H groups in total. The maximum atomic E-state index is 13.5. The van der Waals surface area contributed by atoms with Crippen molar-refractivity contribution in [2.45, 2.75) is 36.8 Å². The molecule has 0 unspecified atom stereocenters. The van der Waals surface area contributed by atoms with Crippen LogP contribution in [0.4, 0.5) is 39.5 Å². The van der Waals surface area contributed by atoms with Gasteiger partial charge in [0, 0.05) is 18.9 Å². The number of alkyl halides is 9. The molecular formula is C10H6F9NO2. The molecule has 0 aliphatic carbocycles. The van der Waals surface area contributed by atoms with Crippen LogP contribution in [0.1, 0.15) is 12.8 Å². The SMILES string of the molecule is O=C1C=C(C(F)(F)C(F)(F)C(F)(F)CCC(F)(F)F)C(=O)N1. The van der Waals surface area contributed by atoms with Crippen LogP contribution in [0.25, 0.3) is 0 Å². The van der Waals surface area contributed by atoms with Crippen LogP contribution >= 0.6 is 0 Å². The summed E-state index contributed by atoms with van der Waals surface area (Å²) in [6.07, 6.45) is -10.6. The average molecular weight is 343 g/mol. The van der Waals surface area contributed by atoms with E-state index in [1.807, 2.05) is 0 Å². The van der Waals surface area contributed by atoms with E-state index in [1.54, 1.807) is 0 Å². The Bertz CT molecular complexity index is 521. The van der Waals surface area contributed by atoms with Gasteiger partial charge >= 0.3 is 23.9 Å². The molecule has 3 nitrogen and oxygen atoms in total. The van der Waals surface area contributed by atoms with Gasteiger partial charge in [0.1, 0.15) is 0 Å². The number of imide groups is 1. The van der Waals surface area contributed by atoms with E-state index in [1.165, 1.54) is 0 Å². The first-order valence-electron chi connectivity index (χ1n) is 5.39. The zero-order valence-electron chi connectivity index (χ0n) is 10.2. The lowest BCUT2D eigenvalue weighted by atomic mass is 9.94. The van der Waals surface area contributed by atoms with Gasteiger partial charge in [-0.05, 0) is 0 Å². The van der Waals surface area contributed by atoms with Crippen LogP contribution in [0.2, 0.25) is 0 Å². The van der Waals surface area contributed by atoms with Gasteiger partial charge in [-0.3, -0.25) is 14.9 Å². The predicted octanol–water partition coefficient (Wildman–Crippen LogP) is 2.82. The second-order valence-corrected chi connectivity index (χ2v) is 4.34. The third-order valence-corrected chi connectivity index (χ3v) is 2.67. The van der Waals surface area contributed by atoms with E-state index in [0.29, 0.717) is 0 Å². The molecule has 0 radical (unpaired) electrons. The minimum atomic E-state index is -6.31. The van der Waals surface area contributed by atoms with Crippen molar-refractivity contribution in [1.29, 1.82) is 0 Å². The lowest BCUT2D eigenvalue weighted by Gasteiger charge is -2.33. The van der Waals surface area contributed by atoms with Crippen molar-refractivity contribution < 1.29 is 49.1 Å². The zero-order valence-corrected chi connectivity index (χ0v) is 10.2. The minimum absolute atomic E-state index is 0.309. The van der Waals surface area contributed by atoms with E-state index in [0.717, 1.165) is 5.32 Å². The van der Waals surface area contributed by atoms with Crippen molar-refractivity contribution in [1.82, 2.24) is 5.32 Å². The number of carbonyl (C=O) groups excluding carboxylic acids is 2. The van der Waals surface area contributed by atoms with E-state index in [-0.39, 0.29) is 6.08 Å². The van der Waals surface area contributed by atoms with Crippen molar-refractivity contribution in [2.24, 2.45) is 0 Å². The summed E-state index contributed by atoms with van der Waals surface area (Å²) in [6, 6.07) is 0. The smallest absolute Gasteiger partial charge is 0.289 e. The van der Waals surface area contributed by atoms with Crippen molar-refractivity contribution in [2.75, 3.05) is 0 Å². The molecule has 2 amide bonds. The number of rotatable bonds is 5. The second-order valence-electron chi connectivity index (χ2n) is 4.34. The summed E-state index contributed by atoms with van der Waals surface area (Å²) in [7, 11) is 0. The first kappa shape index (κ1) is 18.3. The summed E-state index contributed by atoms with van der Waals surface area (Å²) in [5.41, 5.74) is -2.24. The third-order valence-electron chi connectivity index (χ3n) is 2.67. The monoisotopic (exact) mass is 343 g/mol. The highest BCUT2D eigenvalue weighted by Crippen LogP contribution is 2.51. The molecule has 0 atom stereocenters. The van der Waals surface area contributed by atoms with Gasteiger partial charge in [0.05, 0.1) is 5.57 Å². The van der Waals surface area contributed by atoms with Gasteiger partial charge in [0.2, 0.25) is 0 Å².